The molecule has 23 heavy (non-hydrogen) atoms. The fraction of sp³-hybridized carbons (Fsp3) is 0.538. The van der Waals surface area contributed by atoms with Crippen LogP contribution >= 0.6 is 12.4 Å². The Hall–Kier alpha value is -0.740. The van der Waals surface area contributed by atoms with Crippen molar-refractivity contribution in [2.75, 3.05) is 26.4 Å². The summed E-state index contributed by atoms with van der Waals surface area (Å²) < 4.78 is 63.0. The molecular weight excluding hydrogens is 367 g/mol. The Morgan fingerprint density at radius 1 is 1.17 bits per heavy atom. The number of piperidine rings is 1. The summed E-state index contributed by atoms with van der Waals surface area (Å²) in [5.74, 6) is -1.05. The van der Waals surface area contributed by atoms with Crippen molar-refractivity contribution in [3.8, 4) is 0 Å². The Labute approximate surface area is 142 Å². The number of hydrogen-bond acceptors (Lipinski definition) is 5. The minimum absolute atomic E-state index is 0. The third-order valence-electron chi connectivity index (χ3n) is 3.80. The molecule has 1 aliphatic rings. The van der Waals surface area contributed by atoms with Crippen molar-refractivity contribution in [2.45, 2.75) is 28.7 Å². The van der Waals surface area contributed by atoms with E-state index in [1.165, 1.54) is 11.4 Å². The molecule has 6 nitrogen and oxygen atoms in total. The van der Waals surface area contributed by atoms with Crippen LogP contribution in [0.4, 0.5) is 4.39 Å². The predicted octanol–water partition coefficient (Wildman–Crippen LogP) is 1.02. The van der Waals surface area contributed by atoms with E-state index in [-0.39, 0.29) is 23.3 Å². The molecule has 0 amide bonds. The molecule has 0 spiro atoms. The SMILES string of the molecule is CN(C1CCNCC1)S(=O)(=O)c1ccc(S(C)(=O)=O)c(F)c1.Cl. The van der Waals surface area contributed by atoms with Gasteiger partial charge < -0.3 is 5.32 Å². The molecule has 0 atom stereocenters. The maximum atomic E-state index is 13.9. The van der Waals surface area contributed by atoms with Crippen LogP contribution in [0.2, 0.25) is 0 Å². The highest BCUT2D eigenvalue weighted by molar-refractivity contribution is 7.90. The van der Waals surface area contributed by atoms with Gasteiger partial charge in [-0.1, -0.05) is 0 Å². The molecule has 0 aliphatic carbocycles. The third-order valence-corrected chi connectivity index (χ3v) is 6.84. The predicted molar refractivity (Wildman–Crippen MR) is 87.6 cm³/mol. The van der Waals surface area contributed by atoms with Crippen molar-refractivity contribution < 1.29 is 21.2 Å². The Kier molecular flexibility index (Phi) is 6.56. The van der Waals surface area contributed by atoms with Crippen molar-refractivity contribution in [3.63, 3.8) is 0 Å². The highest BCUT2D eigenvalue weighted by atomic mass is 35.5. The standard InChI is InChI=1S/C13H19FN2O4S2.ClH/c1-16(10-5-7-15-8-6-10)22(19,20)11-3-4-13(12(14)9-11)21(2,17)18;/h3-4,9-10,15H,5-8H2,1-2H3;1H. The zero-order valence-corrected chi connectivity index (χ0v) is 15.3. The van der Waals surface area contributed by atoms with Crippen molar-refractivity contribution in [1.82, 2.24) is 9.62 Å². The average Bonchev–Trinajstić information content (AvgIpc) is 2.46. The molecule has 0 radical (unpaired) electrons. The molecule has 132 valence electrons. The van der Waals surface area contributed by atoms with Crippen LogP contribution in [-0.2, 0) is 19.9 Å². The molecule has 1 fully saturated rings. The first-order valence-electron chi connectivity index (χ1n) is 6.82. The molecule has 0 bridgehead atoms. The van der Waals surface area contributed by atoms with Gasteiger partial charge in [0.05, 0.1) is 4.90 Å². The quantitative estimate of drug-likeness (QED) is 0.835. The maximum absolute atomic E-state index is 13.9. The van der Waals surface area contributed by atoms with Gasteiger partial charge in [0.25, 0.3) is 0 Å². The van der Waals surface area contributed by atoms with Crippen molar-refractivity contribution in [1.29, 1.82) is 0 Å². The first kappa shape index (κ1) is 20.3. The largest absolute Gasteiger partial charge is 0.317 e. The number of rotatable bonds is 4. The fourth-order valence-electron chi connectivity index (χ4n) is 2.48. The van der Waals surface area contributed by atoms with Gasteiger partial charge in [0.1, 0.15) is 10.7 Å². The molecule has 10 heteroatoms. The number of nitrogens with one attached hydrogen (secondary N) is 1. The average molecular weight is 387 g/mol. The van der Waals surface area contributed by atoms with Gasteiger partial charge in [-0.25, -0.2) is 21.2 Å². The van der Waals surface area contributed by atoms with E-state index in [1.807, 2.05) is 0 Å². The van der Waals surface area contributed by atoms with E-state index < -0.39 is 30.6 Å². The van der Waals surface area contributed by atoms with Crippen LogP contribution in [0.1, 0.15) is 12.8 Å². The molecule has 0 unspecified atom stereocenters. The van der Waals surface area contributed by atoms with Gasteiger partial charge in [-0.2, -0.15) is 4.31 Å². The van der Waals surface area contributed by atoms with Crippen LogP contribution in [0.5, 0.6) is 0 Å². The molecule has 1 heterocycles. The fourth-order valence-corrected chi connectivity index (χ4v) is 4.63. The number of sulfonamides is 1. The number of sulfone groups is 1. The molecule has 0 saturated carbocycles. The molecule has 0 aromatic heterocycles. The monoisotopic (exact) mass is 386 g/mol. The molecule has 1 aromatic rings. The van der Waals surface area contributed by atoms with Crippen LogP contribution in [0.3, 0.4) is 0 Å². The van der Waals surface area contributed by atoms with Crippen LogP contribution in [0.25, 0.3) is 0 Å². The smallest absolute Gasteiger partial charge is 0.243 e. The van der Waals surface area contributed by atoms with E-state index in [2.05, 4.69) is 5.32 Å². The summed E-state index contributed by atoms with van der Waals surface area (Å²) in [4.78, 5) is -0.741. The van der Waals surface area contributed by atoms with E-state index >= 15 is 0 Å². The zero-order valence-electron chi connectivity index (χ0n) is 12.8. The molecule has 1 aromatic carbocycles. The van der Waals surface area contributed by atoms with Gasteiger partial charge in [-0.15, -0.1) is 12.4 Å². The van der Waals surface area contributed by atoms with E-state index in [0.717, 1.165) is 37.5 Å². The summed E-state index contributed by atoms with van der Waals surface area (Å²) in [6, 6.07) is 2.74. The highest BCUT2D eigenvalue weighted by Crippen LogP contribution is 2.24. The number of halogens is 2. The van der Waals surface area contributed by atoms with Crippen LogP contribution in [0.15, 0.2) is 28.0 Å². The van der Waals surface area contributed by atoms with Gasteiger partial charge in [0.2, 0.25) is 10.0 Å². The van der Waals surface area contributed by atoms with E-state index in [9.17, 15) is 21.2 Å². The van der Waals surface area contributed by atoms with Crippen LogP contribution in [0, 0.1) is 5.82 Å². The van der Waals surface area contributed by atoms with Gasteiger partial charge in [0, 0.05) is 19.3 Å². The lowest BCUT2D eigenvalue weighted by Gasteiger charge is -2.30. The number of nitrogens with zero attached hydrogens (tertiary/aromatic N) is 1. The summed E-state index contributed by atoms with van der Waals surface area (Å²) in [5, 5.41) is 3.15. The minimum Gasteiger partial charge on any atom is -0.317 e. The Morgan fingerprint density at radius 3 is 2.22 bits per heavy atom. The van der Waals surface area contributed by atoms with Crippen molar-refractivity contribution in [3.05, 3.63) is 24.0 Å². The Morgan fingerprint density at radius 2 is 1.74 bits per heavy atom. The van der Waals surface area contributed by atoms with Crippen LogP contribution < -0.4 is 5.32 Å². The highest BCUT2D eigenvalue weighted by Gasteiger charge is 2.30. The van der Waals surface area contributed by atoms with Gasteiger partial charge in [0.15, 0.2) is 9.84 Å². The maximum Gasteiger partial charge on any atom is 0.243 e. The Bertz CT molecular complexity index is 762. The first-order valence-corrected chi connectivity index (χ1v) is 10.2. The summed E-state index contributed by atoms with van der Waals surface area (Å²) in [6.45, 7) is 1.46. The second-order valence-corrected chi connectivity index (χ2v) is 9.35. The third kappa shape index (κ3) is 4.42. The molecule has 1 N–H and O–H groups in total. The minimum atomic E-state index is -3.85. The first-order chi connectivity index (χ1) is 10.1. The summed E-state index contributed by atoms with van der Waals surface area (Å²) in [5.41, 5.74) is 0. The number of hydrogen-bond donors (Lipinski definition) is 1. The number of benzene rings is 1. The summed E-state index contributed by atoms with van der Waals surface area (Å²) in [6.07, 6.45) is 2.24. The van der Waals surface area contributed by atoms with E-state index in [0.29, 0.717) is 12.8 Å². The molecule has 1 aliphatic heterocycles. The van der Waals surface area contributed by atoms with Crippen LogP contribution in [-0.4, -0.2) is 53.6 Å². The lowest BCUT2D eigenvalue weighted by Crippen LogP contribution is -2.43. The van der Waals surface area contributed by atoms with Gasteiger partial charge in [-0.05, 0) is 44.1 Å². The Balaban J connectivity index is 0.00000264. The van der Waals surface area contributed by atoms with Gasteiger partial charge in [-0.3, -0.25) is 0 Å². The molecule has 1 saturated heterocycles. The zero-order chi connectivity index (χ0) is 16.5. The topological polar surface area (TPSA) is 83.6 Å². The lowest BCUT2D eigenvalue weighted by atomic mass is 10.1. The second kappa shape index (κ2) is 7.43. The summed E-state index contributed by atoms with van der Waals surface area (Å²) >= 11 is 0. The van der Waals surface area contributed by atoms with Crippen molar-refractivity contribution >= 4 is 32.3 Å². The molecular formula is C13H20ClFN2O4S2. The molecule has 2 rings (SSSR count). The van der Waals surface area contributed by atoms with E-state index in [1.54, 1.807) is 0 Å². The van der Waals surface area contributed by atoms with Gasteiger partial charge >= 0.3 is 0 Å². The second-order valence-electron chi connectivity index (χ2n) is 5.37. The normalized spacial score (nSPS) is 17.0. The lowest BCUT2D eigenvalue weighted by molar-refractivity contribution is 0.296. The van der Waals surface area contributed by atoms with E-state index in [4.69, 9.17) is 0 Å². The summed E-state index contributed by atoms with van der Waals surface area (Å²) in [7, 11) is -6.11. The van der Waals surface area contributed by atoms with Crippen molar-refractivity contribution in [2.24, 2.45) is 0 Å².